The van der Waals surface area contributed by atoms with Gasteiger partial charge in [-0.15, -0.1) is 0 Å². The molecule has 5 nitrogen and oxygen atoms in total. The number of para-hydroxylation sites is 1. The van der Waals surface area contributed by atoms with Gasteiger partial charge in [0, 0.05) is 37.9 Å². The van der Waals surface area contributed by atoms with Crippen molar-refractivity contribution in [1.82, 2.24) is 9.80 Å². The second-order valence-corrected chi connectivity index (χ2v) is 7.47. The summed E-state index contributed by atoms with van der Waals surface area (Å²) < 4.78 is 0. The first-order valence-electron chi connectivity index (χ1n) is 9.80. The summed E-state index contributed by atoms with van der Waals surface area (Å²) in [6.07, 6.45) is 0. The summed E-state index contributed by atoms with van der Waals surface area (Å²) in [6.45, 7) is 6.83. The van der Waals surface area contributed by atoms with Gasteiger partial charge in [-0.1, -0.05) is 48.5 Å². The van der Waals surface area contributed by atoms with Crippen LogP contribution in [-0.2, 0) is 9.59 Å². The van der Waals surface area contributed by atoms with Crippen LogP contribution in [0.5, 0.6) is 0 Å². The van der Waals surface area contributed by atoms with Crippen molar-refractivity contribution >= 4 is 23.1 Å². The lowest BCUT2D eigenvalue weighted by Gasteiger charge is -2.37. The number of carbonyl (C=O) groups is 2. The van der Waals surface area contributed by atoms with Crippen LogP contribution in [0.25, 0.3) is 5.57 Å². The maximum atomic E-state index is 13.2. The second kappa shape index (κ2) is 7.50. The molecule has 0 radical (unpaired) electrons. The average molecular weight is 375 g/mol. The summed E-state index contributed by atoms with van der Waals surface area (Å²) in [5.74, 6) is -0.362. The number of hydrogen-bond acceptors (Lipinski definition) is 4. The summed E-state index contributed by atoms with van der Waals surface area (Å²) in [5, 5.41) is 0. The maximum absolute atomic E-state index is 13.2. The smallest absolute Gasteiger partial charge is 0.278 e. The summed E-state index contributed by atoms with van der Waals surface area (Å²) in [6, 6.07) is 19.7. The summed E-state index contributed by atoms with van der Waals surface area (Å²) in [4.78, 5) is 32.1. The molecule has 0 bridgehead atoms. The molecule has 1 saturated heterocycles. The van der Waals surface area contributed by atoms with Gasteiger partial charge in [-0.2, -0.15) is 0 Å². The van der Waals surface area contributed by atoms with E-state index in [9.17, 15) is 9.59 Å². The normalized spacial score (nSPS) is 17.9. The standard InChI is InChI=1S/C23H25N3O2/c1-17(2)26-22(27)20(18-9-5-3-6-10-18)21(23(26)28)25-15-13-24(14-16-25)19-11-7-4-8-12-19/h3-12,17H,13-16H2,1-2H3. The zero-order valence-corrected chi connectivity index (χ0v) is 16.3. The Balaban J connectivity index is 1.65. The molecule has 0 spiro atoms. The highest BCUT2D eigenvalue weighted by Crippen LogP contribution is 2.33. The van der Waals surface area contributed by atoms with Crippen molar-refractivity contribution in [3.8, 4) is 0 Å². The van der Waals surface area contributed by atoms with Gasteiger partial charge in [-0.3, -0.25) is 14.5 Å². The Morgan fingerprint density at radius 3 is 1.82 bits per heavy atom. The van der Waals surface area contributed by atoms with Crippen molar-refractivity contribution in [2.24, 2.45) is 0 Å². The molecule has 0 N–H and O–H groups in total. The number of hydrogen-bond donors (Lipinski definition) is 0. The molecule has 2 heterocycles. The number of rotatable bonds is 4. The van der Waals surface area contributed by atoms with Crippen LogP contribution in [0.2, 0.25) is 0 Å². The van der Waals surface area contributed by atoms with Crippen LogP contribution in [0.15, 0.2) is 66.4 Å². The first-order valence-corrected chi connectivity index (χ1v) is 9.80. The van der Waals surface area contributed by atoms with Gasteiger partial charge in [0.25, 0.3) is 11.8 Å². The van der Waals surface area contributed by atoms with Crippen LogP contribution in [0.4, 0.5) is 5.69 Å². The van der Waals surface area contributed by atoms with Gasteiger partial charge < -0.3 is 9.80 Å². The summed E-state index contributed by atoms with van der Waals surface area (Å²) in [7, 11) is 0. The predicted octanol–water partition coefficient (Wildman–Crippen LogP) is 3.00. The fourth-order valence-electron chi connectivity index (χ4n) is 3.99. The first-order chi connectivity index (χ1) is 13.6. The van der Waals surface area contributed by atoms with Gasteiger partial charge in [0.15, 0.2) is 0 Å². The number of piperazine rings is 1. The van der Waals surface area contributed by atoms with Gasteiger partial charge in [-0.25, -0.2) is 0 Å². The van der Waals surface area contributed by atoms with Crippen LogP contribution in [0.3, 0.4) is 0 Å². The van der Waals surface area contributed by atoms with Gasteiger partial charge in [-0.05, 0) is 31.5 Å². The molecule has 0 aliphatic carbocycles. The lowest BCUT2D eigenvalue weighted by molar-refractivity contribution is -0.139. The van der Waals surface area contributed by atoms with Crippen LogP contribution in [0, 0.1) is 0 Å². The molecule has 28 heavy (non-hydrogen) atoms. The van der Waals surface area contributed by atoms with E-state index in [1.807, 2.05) is 62.4 Å². The molecule has 0 unspecified atom stereocenters. The molecular formula is C23H25N3O2. The third kappa shape index (κ3) is 3.17. The minimum absolute atomic E-state index is 0.165. The number of benzene rings is 2. The molecule has 144 valence electrons. The Morgan fingerprint density at radius 1 is 0.714 bits per heavy atom. The van der Waals surface area contributed by atoms with E-state index in [1.54, 1.807) is 0 Å². The third-order valence-electron chi connectivity index (χ3n) is 5.39. The van der Waals surface area contributed by atoms with Gasteiger partial charge in [0.1, 0.15) is 5.70 Å². The molecule has 5 heteroatoms. The van der Waals surface area contributed by atoms with Crippen LogP contribution in [0.1, 0.15) is 19.4 Å². The molecule has 0 aromatic heterocycles. The highest BCUT2D eigenvalue weighted by Gasteiger charge is 2.43. The number of imide groups is 1. The second-order valence-electron chi connectivity index (χ2n) is 7.47. The molecule has 2 aromatic carbocycles. The summed E-state index contributed by atoms with van der Waals surface area (Å²) in [5.41, 5.74) is 3.09. The monoisotopic (exact) mass is 375 g/mol. The minimum atomic E-state index is -0.188. The number of nitrogens with zero attached hydrogens (tertiary/aromatic N) is 3. The number of anilines is 1. The Bertz CT molecular complexity index is 898. The van der Waals surface area contributed by atoms with Crippen molar-refractivity contribution in [2.45, 2.75) is 19.9 Å². The molecule has 2 amide bonds. The van der Waals surface area contributed by atoms with E-state index in [0.717, 1.165) is 18.7 Å². The molecule has 1 fully saturated rings. The zero-order chi connectivity index (χ0) is 19.7. The fourth-order valence-corrected chi connectivity index (χ4v) is 3.99. The van der Waals surface area contributed by atoms with Crippen molar-refractivity contribution in [1.29, 1.82) is 0 Å². The lowest BCUT2D eigenvalue weighted by Crippen LogP contribution is -2.48. The van der Waals surface area contributed by atoms with Crippen molar-refractivity contribution < 1.29 is 9.59 Å². The molecule has 2 aliphatic heterocycles. The predicted molar refractivity (Wildman–Crippen MR) is 111 cm³/mol. The minimum Gasteiger partial charge on any atom is -0.368 e. The summed E-state index contributed by atoms with van der Waals surface area (Å²) >= 11 is 0. The van der Waals surface area contributed by atoms with Crippen molar-refractivity contribution in [3.63, 3.8) is 0 Å². The number of carbonyl (C=O) groups excluding carboxylic acids is 2. The van der Waals surface area contributed by atoms with Crippen molar-refractivity contribution in [3.05, 3.63) is 71.9 Å². The van der Waals surface area contributed by atoms with E-state index in [1.165, 1.54) is 10.6 Å². The van der Waals surface area contributed by atoms with E-state index in [2.05, 4.69) is 21.9 Å². The third-order valence-corrected chi connectivity index (χ3v) is 5.39. The fraction of sp³-hybridized carbons (Fsp3) is 0.304. The molecule has 4 rings (SSSR count). The topological polar surface area (TPSA) is 43.9 Å². The Kier molecular flexibility index (Phi) is 4.90. The van der Waals surface area contributed by atoms with Gasteiger partial charge in [0.05, 0.1) is 5.57 Å². The van der Waals surface area contributed by atoms with E-state index < -0.39 is 0 Å². The van der Waals surface area contributed by atoms with Crippen LogP contribution < -0.4 is 4.90 Å². The van der Waals surface area contributed by atoms with Crippen molar-refractivity contribution in [2.75, 3.05) is 31.1 Å². The first kappa shape index (κ1) is 18.3. The number of amides is 2. The average Bonchev–Trinajstić information content (AvgIpc) is 2.99. The van der Waals surface area contributed by atoms with E-state index >= 15 is 0 Å². The Labute approximate surface area is 165 Å². The molecule has 2 aliphatic rings. The highest BCUT2D eigenvalue weighted by atomic mass is 16.2. The largest absolute Gasteiger partial charge is 0.368 e. The van der Waals surface area contributed by atoms with E-state index in [4.69, 9.17) is 0 Å². The quantitative estimate of drug-likeness (QED) is 0.771. The zero-order valence-electron chi connectivity index (χ0n) is 16.3. The van der Waals surface area contributed by atoms with E-state index in [0.29, 0.717) is 24.4 Å². The lowest BCUT2D eigenvalue weighted by atomic mass is 10.0. The molecule has 2 aromatic rings. The van der Waals surface area contributed by atoms with Gasteiger partial charge >= 0.3 is 0 Å². The van der Waals surface area contributed by atoms with Gasteiger partial charge in [0.2, 0.25) is 0 Å². The maximum Gasteiger partial charge on any atom is 0.278 e. The Hall–Kier alpha value is -3.08. The SMILES string of the molecule is CC(C)N1C(=O)C(c2ccccc2)=C(N2CCN(c3ccccc3)CC2)C1=O. The van der Waals surface area contributed by atoms with Crippen LogP contribution >= 0.6 is 0 Å². The van der Waals surface area contributed by atoms with E-state index in [-0.39, 0.29) is 17.9 Å². The highest BCUT2D eigenvalue weighted by molar-refractivity contribution is 6.35. The molecule has 0 saturated carbocycles. The van der Waals surface area contributed by atoms with Crippen LogP contribution in [-0.4, -0.2) is 53.8 Å². The Morgan fingerprint density at radius 2 is 1.25 bits per heavy atom. The molecular weight excluding hydrogens is 350 g/mol. The molecule has 0 atom stereocenters.